The monoisotopic (exact) mass is 146 g/mol. The van der Waals surface area contributed by atoms with Crippen molar-refractivity contribution in [2.45, 2.75) is 46.5 Å². The summed E-state index contributed by atoms with van der Waals surface area (Å²) in [6.07, 6.45) is 4.13. The molecule has 0 bridgehead atoms. The quantitative estimate of drug-likeness (QED) is 0.520. The Kier molecular flexibility index (Phi) is 4.67. The average Bonchev–Trinajstić information content (AvgIpc) is 1.89. The van der Waals surface area contributed by atoms with Crippen LogP contribution < -0.4 is 0 Å². The minimum Gasteiger partial charge on any atom is -0.251 e. The molecule has 0 unspecified atom stereocenters. The summed E-state index contributed by atoms with van der Waals surface area (Å²) in [7, 11) is 0. The molecule has 0 nitrogen and oxygen atoms in total. The highest BCUT2D eigenvalue weighted by atomic mass is 19.1. The topological polar surface area (TPSA) is 0 Å². The lowest BCUT2D eigenvalue weighted by atomic mass is 9.85. The molecule has 0 aromatic rings. The Morgan fingerprint density at radius 1 is 1.20 bits per heavy atom. The van der Waals surface area contributed by atoms with E-state index in [0.29, 0.717) is 5.41 Å². The van der Waals surface area contributed by atoms with Crippen molar-refractivity contribution in [3.63, 3.8) is 0 Å². The molecule has 0 rings (SSSR count). The lowest BCUT2D eigenvalue weighted by Gasteiger charge is -2.21. The van der Waals surface area contributed by atoms with Crippen LogP contribution in [0.2, 0.25) is 0 Å². The van der Waals surface area contributed by atoms with Crippen molar-refractivity contribution >= 4 is 0 Å². The van der Waals surface area contributed by atoms with Crippen LogP contribution in [0.25, 0.3) is 0 Å². The van der Waals surface area contributed by atoms with Crippen LogP contribution in [0, 0.1) is 5.41 Å². The fourth-order valence-corrected chi connectivity index (χ4v) is 0.875. The van der Waals surface area contributed by atoms with Gasteiger partial charge in [0.2, 0.25) is 0 Å². The summed E-state index contributed by atoms with van der Waals surface area (Å²) >= 11 is 0. The van der Waals surface area contributed by atoms with Crippen LogP contribution in [0.3, 0.4) is 0 Å². The van der Waals surface area contributed by atoms with Crippen LogP contribution in [0.15, 0.2) is 0 Å². The number of rotatable bonds is 5. The zero-order valence-corrected chi connectivity index (χ0v) is 7.41. The summed E-state index contributed by atoms with van der Waals surface area (Å²) in [6.45, 7) is 6.52. The molecule has 0 aliphatic rings. The van der Waals surface area contributed by atoms with E-state index in [2.05, 4.69) is 20.8 Å². The summed E-state index contributed by atoms with van der Waals surface area (Å²) in [4.78, 5) is 0. The number of unbranched alkanes of at least 4 members (excludes halogenated alkanes) is 1. The highest BCUT2D eigenvalue weighted by Crippen LogP contribution is 2.26. The first-order chi connectivity index (χ1) is 4.62. The standard InChI is InChI=1S/C9H19F/c1-4-9(2,3)7-5-6-8-10/h4-8H2,1-3H3. The first-order valence-corrected chi connectivity index (χ1v) is 4.18. The van der Waals surface area contributed by atoms with Gasteiger partial charge in [-0.3, -0.25) is 4.39 Å². The SMILES string of the molecule is CCC(C)(C)CCCCF. The van der Waals surface area contributed by atoms with Gasteiger partial charge in [0.25, 0.3) is 0 Å². The lowest BCUT2D eigenvalue weighted by Crippen LogP contribution is -2.08. The second kappa shape index (κ2) is 4.70. The highest BCUT2D eigenvalue weighted by Gasteiger charge is 2.13. The molecule has 62 valence electrons. The Balaban J connectivity index is 3.28. The van der Waals surface area contributed by atoms with Gasteiger partial charge >= 0.3 is 0 Å². The third-order valence-electron chi connectivity index (χ3n) is 2.19. The molecule has 0 atom stereocenters. The van der Waals surface area contributed by atoms with Gasteiger partial charge in [-0.2, -0.15) is 0 Å². The molecule has 0 saturated heterocycles. The number of hydrogen-bond acceptors (Lipinski definition) is 0. The Morgan fingerprint density at radius 2 is 1.80 bits per heavy atom. The molecule has 0 fully saturated rings. The predicted molar refractivity (Wildman–Crippen MR) is 43.9 cm³/mol. The maximum atomic E-state index is 11.7. The predicted octanol–water partition coefficient (Wildman–Crippen LogP) is 3.56. The van der Waals surface area contributed by atoms with Crippen molar-refractivity contribution in [2.75, 3.05) is 6.67 Å². The van der Waals surface area contributed by atoms with Gasteiger partial charge < -0.3 is 0 Å². The molecule has 0 amide bonds. The van der Waals surface area contributed by atoms with Crippen LogP contribution in [0.4, 0.5) is 4.39 Å². The van der Waals surface area contributed by atoms with Gasteiger partial charge in [-0.1, -0.05) is 33.6 Å². The van der Waals surface area contributed by atoms with Crippen molar-refractivity contribution in [1.29, 1.82) is 0 Å². The summed E-state index contributed by atoms with van der Waals surface area (Å²) in [5, 5.41) is 0. The van der Waals surface area contributed by atoms with Gasteiger partial charge in [0, 0.05) is 0 Å². The van der Waals surface area contributed by atoms with Crippen molar-refractivity contribution < 1.29 is 4.39 Å². The van der Waals surface area contributed by atoms with Crippen LogP contribution >= 0.6 is 0 Å². The lowest BCUT2D eigenvalue weighted by molar-refractivity contribution is 0.301. The van der Waals surface area contributed by atoms with Gasteiger partial charge in [-0.15, -0.1) is 0 Å². The van der Waals surface area contributed by atoms with E-state index in [0.717, 1.165) is 19.3 Å². The maximum absolute atomic E-state index is 11.7. The van der Waals surface area contributed by atoms with Gasteiger partial charge in [0.1, 0.15) is 0 Å². The first kappa shape index (κ1) is 9.93. The smallest absolute Gasteiger partial charge is 0.0894 e. The number of hydrogen-bond donors (Lipinski definition) is 0. The number of halogens is 1. The summed E-state index contributed by atoms with van der Waals surface area (Å²) in [5.41, 5.74) is 0.426. The third-order valence-corrected chi connectivity index (χ3v) is 2.19. The highest BCUT2D eigenvalue weighted by molar-refractivity contribution is 4.65. The van der Waals surface area contributed by atoms with Gasteiger partial charge in [-0.25, -0.2) is 0 Å². The summed E-state index contributed by atoms with van der Waals surface area (Å²) < 4.78 is 11.7. The Labute approximate surface area is 63.8 Å². The average molecular weight is 146 g/mol. The van der Waals surface area contributed by atoms with Crippen LogP contribution in [-0.4, -0.2) is 6.67 Å². The third kappa shape index (κ3) is 4.78. The first-order valence-electron chi connectivity index (χ1n) is 4.18. The maximum Gasteiger partial charge on any atom is 0.0894 e. The van der Waals surface area contributed by atoms with Crippen LogP contribution in [-0.2, 0) is 0 Å². The van der Waals surface area contributed by atoms with Crippen LogP contribution in [0.1, 0.15) is 46.5 Å². The Morgan fingerprint density at radius 3 is 2.20 bits per heavy atom. The van der Waals surface area contributed by atoms with E-state index in [1.165, 1.54) is 6.42 Å². The fraction of sp³-hybridized carbons (Fsp3) is 1.00. The summed E-state index contributed by atoms with van der Waals surface area (Å²) in [5.74, 6) is 0. The van der Waals surface area contributed by atoms with E-state index in [-0.39, 0.29) is 6.67 Å². The van der Waals surface area contributed by atoms with E-state index in [9.17, 15) is 4.39 Å². The molecular formula is C9H19F. The van der Waals surface area contributed by atoms with Gasteiger partial charge in [0.05, 0.1) is 6.67 Å². The van der Waals surface area contributed by atoms with Crippen molar-refractivity contribution in [3.8, 4) is 0 Å². The van der Waals surface area contributed by atoms with Crippen molar-refractivity contribution in [2.24, 2.45) is 5.41 Å². The molecule has 0 radical (unpaired) electrons. The Hall–Kier alpha value is -0.0700. The molecule has 10 heavy (non-hydrogen) atoms. The zero-order chi connectivity index (χ0) is 8.04. The molecule has 0 heterocycles. The fourth-order valence-electron chi connectivity index (χ4n) is 0.875. The minimum absolute atomic E-state index is 0.153. The zero-order valence-electron chi connectivity index (χ0n) is 7.41. The molecule has 0 aliphatic heterocycles. The second-order valence-corrected chi connectivity index (χ2v) is 3.66. The van der Waals surface area contributed by atoms with Crippen LogP contribution in [0.5, 0.6) is 0 Å². The molecule has 0 spiro atoms. The van der Waals surface area contributed by atoms with E-state index >= 15 is 0 Å². The molecule has 0 N–H and O–H groups in total. The normalized spacial score (nSPS) is 12.0. The van der Waals surface area contributed by atoms with E-state index in [1.807, 2.05) is 0 Å². The van der Waals surface area contributed by atoms with Gasteiger partial charge in [0.15, 0.2) is 0 Å². The largest absolute Gasteiger partial charge is 0.251 e. The van der Waals surface area contributed by atoms with Gasteiger partial charge in [-0.05, 0) is 18.3 Å². The minimum atomic E-state index is -0.153. The molecule has 1 heteroatoms. The molecule has 0 aliphatic carbocycles. The van der Waals surface area contributed by atoms with E-state index < -0.39 is 0 Å². The van der Waals surface area contributed by atoms with E-state index in [1.54, 1.807) is 0 Å². The Bertz CT molecular complexity index is 76.8. The van der Waals surface area contributed by atoms with Crippen molar-refractivity contribution in [3.05, 3.63) is 0 Å². The van der Waals surface area contributed by atoms with Crippen molar-refractivity contribution in [1.82, 2.24) is 0 Å². The second-order valence-electron chi connectivity index (χ2n) is 3.66. The molecule has 0 aromatic carbocycles. The van der Waals surface area contributed by atoms with E-state index in [4.69, 9.17) is 0 Å². The number of alkyl halides is 1. The molecule has 0 saturated carbocycles. The molecule has 0 aromatic heterocycles. The summed E-state index contributed by atoms with van der Waals surface area (Å²) in [6, 6.07) is 0. The molecular weight excluding hydrogens is 127 g/mol.